The van der Waals surface area contributed by atoms with Crippen molar-refractivity contribution in [2.24, 2.45) is 0 Å². The molecule has 2 aromatic carbocycles. The Labute approximate surface area is 97.5 Å². The second kappa shape index (κ2) is 3.37. The topological polar surface area (TPSA) is 63.4 Å². The van der Waals surface area contributed by atoms with Gasteiger partial charge in [-0.1, -0.05) is 6.07 Å². The van der Waals surface area contributed by atoms with Crippen LogP contribution in [0.15, 0.2) is 36.4 Å². The van der Waals surface area contributed by atoms with Gasteiger partial charge in [0.25, 0.3) is 0 Å². The van der Waals surface area contributed by atoms with E-state index >= 15 is 0 Å². The minimum absolute atomic E-state index is 0.603. The molecule has 0 aliphatic heterocycles. The standard InChI is InChI=1S/C14H7N3/c15-7-9-4-5-12-11(6-9)14-10(8-16)2-1-3-13(14)17-12/h1-6,17H. The molecule has 0 amide bonds. The van der Waals surface area contributed by atoms with Crippen LogP contribution >= 0.6 is 0 Å². The van der Waals surface area contributed by atoms with E-state index in [2.05, 4.69) is 17.1 Å². The van der Waals surface area contributed by atoms with Gasteiger partial charge in [-0.2, -0.15) is 10.5 Å². The van der Waals surface area contributed by atoms with Crippen molar-refractivity contribution < 1.29 is 0 Å². The molecule has 0 aliphatic rings. The Balaban J connectivity index is 2.57. The summed E-state index contributed by atoms with van der Waals surface area (Å²) in [4.78, 5) is 3.24. The predicted octanol–water partition coefficient (Wildman–Crippen LogP) is 3.06. The van der Waals surface area contributed by atoms with Crippen molar-refractivity contribution in [1.29, 1.82) is 10.5 Å². The number of hydrogen-bond acceptors (Lipinski definition) is 2. The van der Waals surface area contributed by atoms with E-state index in [0.717, 1.165) is 21.8 Å². The molecule has 0 aliphatic carbocycles. The van der Waals surface area contributed by atoms with E-state index in [0.29, 0.717) is 11.1 Å². The number of rotatable bonds is 0. The Morgan fingerprint density at radius 1 is 0.941 bits per heavy atom. The molecule has 0 saturated carbocycles. The SMILES string of the molecule is N#Cc1ccc2[nH]c3cccc(C#N)c3c2c1. The van der Waals surface area contributed by atoms with Crippen molar-refractivity contribution in [2.45, 2.75) is 0 Å². The van der Waals surface area contributed by atoms with Crippen LogP contribution in [0.4, 0.5) is 0 Å². The number of benzene rings is 2. The van der Waals surface area contributed by atoms with E-state index in [-0.39, 0.29) is 0 Å². The maximum atomic E-state index is 9.11. The fourth-order valence-corrected chi connectivity index (χ4v) is 2.11. The second-order valence-corrected chi connectivity index (χ2v) is 3.84. The fourth-order valence-electron chi connectivity index (χ4n) is 2.11. The van der Waals surface area contributed by atoms with Crippen LogP contribution in [0, 0.1) is 22.7 Å². The Morgan fingerprint density at radius 2 is 1.82 bits per heavy atom. The summed E-state index contributed by atoms with van der Waals surface area (Å²) < 4.78 is 0. The second-order valence-electron chi connectivity index (χ2n) is 3.84. The maximum Gasteiger partial charge on any atom is 0.0998 e. The average molecular weight is 217 g/mol. The highest BCUT2D eigenvalue weighted by Crippen LogP contribution is 2.28. The zero-order chi connectivity index (χ0) is 11.8. The summed E-state index contributed by atoms with van der Waals surface area (Å²) in [5.74, 6) is 0. The normalized spacial score (nSPS) is 10.2. The number of fused-ring (bicyclic) bond motifs is 3. The van der Waals surface area contributed by atoms with Crippen LogP contribution in [0.25, 0.3) is 21.8 Å². The first-order valence-corrected chi connectivity index (χ1v) is 5.18. The summed E-state index contributed by atoms with van der Waals surface area (Å²) in [6.45, 7) is 0. The number of H-pyrrole nitrogens is 1. The highest BCUT2D eigenvalue weighted by Gasteiger charge is 2.08. The van der Waals surface area contributed by atoms with Gasteiger partial charge in [0, 0.05) is 21.8 Å². The van der Waals surface area contributed by atoms with Gasteiger partial charge in [0.15, 0.2) is 0 Å². The number of aromatic nitrogens is 1. The molecule has 0 saturated heterocycles. The van der Waals surface area contributed by atoms with Crippen molar-refractivity contribution in [2.75, 3.05) is 0 Å². The van der Waals surface area contributed by atoms with Crippen LogP contribution in [0.1, 0.15) is 11.1 Å². The van der Waals surface area contributed by atoms with Gasteiger partial charge in [-0.25, -0.2) is 0 Å². The molecule has 0 radical (unpaired) electrons. The van der Waals surface area contributed by atoms with Crippen molar-refractivity contribution in [1.82, 2.24) is 4.98 Å². The summed E-state index contributed by atoms with van der Waals surface area (Å²) in [6, 6.07) is 15.3. The van der Waals surface area contributed by atoms with Crippen molar-refractivity contribution in [3.05, 3.63) is 47.5 Å². The highest BCUT2D eigenvalue weighted by molar-refractivity contribution is 6.10. The lowest BCUT2D eigenvalue weighted by Gasteiger charge is -1.94. The Hall–Kier alpha value is -2.78. The largest absolute Gasteiger partial charge is 0.354 e. The van der Waals surface area contributed by atoms with Crippen molar-refractivity contribution in [3.63, 3.8) is 0 Å². The van der Waals surface area contributed by atoms with E-state index in [9.17, 15) is 0 Å². The molecule has 0 bridgehead atoms. The molecule has 0 fully saturated rings. The van der Waals surface area contributed by atoms with E-state index in [1.54, 1.807) is 12.1 Å². The summed E-state index contributed by atoms with van der Waals surface area (Å²) >= 11 is 0. The van der Waals surface area contributed by atoms with E-state index in [4.69, 9.17) is 10.5 Å². The fraction of sp³-hybridized carbons (Fsp3) is 0. The maximum absolute atomic E-state index is 9.11. The summed E-state index contributed by atoms with van der Waals surface area (Å²) in [6.07, 6.45) is 0. The number of nitrogens with one attached hydrogen (secondary N) is 1. The molecule has 0 atom stereocenters. The van der Waals surface area contributed by atoms with Crippen LogP contribution in [0.5, 0.6) is 0 Å². The molecule has 3 aromatic rings. The molecular formula is C14H7N3. The van der Waals surface area contributed by atoms with Crippen LogP contribution in [0.2, 0.25) is 0 Å². The number of nitrogens with zero attached hydrogens (tertiary/aromatic N) is 2. The van der Waals surface area contributed by atoms with Gasteiger partial charge in [-0.3, -0.25) is 0 Å². The highest BCUT2D eigenvalue weighted by atomic mass is 14.7. The van der Waals surface area contributed by atoms with E-state index in [1.807, 2.05) is 24.3 Å². The summed E-state index contributed by atoms with van der Waals surface area (Å²) in [5.41, 5.74) is 3.10. The monoisotopic (exact) mass is 217 g/mol. The van der Waals surface area contributed by atoms with Gasteiger partial charge in [0.05, 0.1) is 23.3 Å². The summed E-state index contributed by atoms with van der Waals surface area (Å²) in [5, 5.41) is 19.8. The lowest BCUT2D eigenvalue weighted by Crippen LogP contribution is -1.76. The molecule has 3 rings (SSSR count). The molecule has 78 valence electrons. The molecule has 1 aromatic heterocycles. The lowest BCUT2D eigenvalue weighted by molar-refractivity contribution is 1.49. The van der Waals surface area contributed by atoms with Gasteiger partial charge in [-0.05, 0) is 30.3 Å². The molecular weight excluding hydrogens is 210 g/mol. The third-order valence-electron chi connectivity index (χ3n) is 2.87. The lowest BCUT2D eigenvalue weighted by atomic mass is 10.1. The van der Waals surface area contributed by atoms with Gasteiger partial charge in [-0.15, -0.1) is 0 Å². The van der Waals surface area contributed by atoms with E-state index in [1.165, 1.54) is 0 Å². The van der Waals surface area contributed by atoms with Crippen LogP contribution in [-0.4, -0.2) is 4.98 Å². The Kier molecular flexibility index (Phi) is 1.87. The molecule has 17 heavy (non-hydrogen) atoms. The van der Waals surface area contributed by atoms with Gasteiger partial charge < -0.3 is 4.98 Å². The molecule has 0 unspecified atom stereocenters. The van der Waals surface area contributed by atoms with Crippen molar-refractivity contribution in [3.8, 4) is 12.1 Å². The third kappa shape index (κ3) is 1.27. The molecule has 1 heterocycles. The Morgan fingerprint density at radius 3 is 2.59 bits per heavy atom. The predicted molar refractivity (Wildman–Crippen MR) is 65.2 cm³/mol. The first-order chi connectivity index (χ1) is 8.33. The van der Waals surface area contributed by atoms with Crippen LogP contribution < -0.4 is 0 Å². The number of nitriles is 2. The minimum Gasteiger partial charge on any atom is -0.354 e. The zero-order valence-electron chi connectivity index (χ0n) is 8.86. The Bertz CT molecular complexity index is 813. The quantitative estimate of drug-likeness (QED) is 0.629. The number of hydrogen-bond donors (Lipinski definition) is 1. The van der Waals surface area contributed by atoms with Gasteiger partial charge in [0.2, 0.25) is 0 Å². The van der Waals surface area contributed by atoms with Crippen LogP contribution in [-0.2, 0) is 0 Å². The van der Waals surface area contributed by atoms with Crippen molar-refractivity contribution >= 4 is 21.8 Å². The smallest absolute Gasteiger partial charge is 0.0998 e. The average Bonchev–Trinajstić information content (AvgIpc) is 2.75. The molecule has 0 spiro atoms. The molecule has 3 nitrogen and oxygen atoms in total. The first-order valence-electron chi connectivity index (χ1n) is 5.18. The molecule has 1 N–H and O–H groups in total. The third-order valence-corrected chi connectivity index (χ3v) is 2.87. The number of aromatic amines is 1. The van der Waals surface area contributed by atoms with Gasteiger partial charge in [0.1, 0.15) is 0 Å². The van der Waals surface area contributed by atoms with Crippen LogP contribution in [0.3, 0.4) is 0 Å². The molecule has 3 heteroatoms. The minimum atomic E-state index is 0.603. The first kappa shape index (κ1) is 9.45. The van der Waals surface area contributed by atoms with Gasteiger partial charge >= 0.3 is 0 Å². The zero-order valence-corrected chi connectivity index (χ0v) is 8.86. The van der Waals surface area contributed by atoms with E-state index < -0.39 is 0 Å². The summed E-state index contributed by atoms with van der Waals surface area (Å²) in [7, 11) is 0.